The molecule has 3 N–H and O–H groups in total. The zero-order valence-electron chi connectivity index (χ0n) is 12.7. The third-order valence-electron chi connectivity index (χ3n) is 3.66. The molecular formula is C15H25ClN2O2S. The molecule has 0 spiro atoms. The van der Waals surface area contributed by atoms with Crippen molar-refractivity contribution in [3.05, 3.63) is 28.8 Å². The monoisotopic (exact) mass is 332 g/mol. The second-order valence-electron chi connectivity index (χ2n) is 5.23. The highest BCUT2D eigenvalue weighted by molar-refractivity contribution is 7.89. The molecule has 120 valence electrons. The predicted octanol–water partition coefficient (Wildman–Crippen LogP) is 3.29. The largest absolute Gasteiger partial charge is 0.326 e. The van der Waals surface area contributed by atoms with Gasteiger partial charge < -0.3 is 5.73 Å². The molecule has 0 saturated heterocycles. The summed E-state index contributed by atoms with van der Waals surface area (Å²) in [7, 11) is -3.51. The number of nitrogens with two attached hydrogens (primary N) is 1. The average molecular weight is 333 g/mol. The van der Waals surface area contributed by atoms with Crippen molar-refractivity contribution >= 4 is 21.6 Å². The molecular weight excluding hydrogens is 308 g/mol. The summed E-state index contributed by atoms with van der Waals surface area (Å²) in [6.45, 7) is 4.98. The van der Waals surface area contributed by atoms with E-state index in [1.165, 1.54) is 6.07 Å². The minimum absolute atomic E-state index is 0.190. The zero-order valence-corrected chi connectivity index (χ0v) is 14.3. The number of hydrogen-bond donors (Lipinski definition) is 2. The van der Waals surface area contributed by atoms with E-state index >= 15 is 0 Å². The Morgan fingerprint density at radius 2 is 2.05 bits per heavy atom. The van der Waals surface area contributed by atoms with Gasteiger partial charge in [-0.25, -0.2) is 13.1 Å². The van der Waals surface area contributed by atoms with Crippen LogP contribution in [-0.4, -0.2) is 15.0 Å². The maximum atomic E-state index is 12.3. The van der Waals surface area contributed by atoms with E-state index in [-0.39, 0.29) is 4.90 Å². The van der Waals surface area contributed by atoms with Crippen LogP contribution in [0.1, 0.15) is 45.1 Å². The van der Waals surface area contributed by atoms with E-state index in [2.05, 4.69) is 18.6 Å². The third kappa shape index (κ3) is 5.58. The molecule has 0 aliphatic rings. The highest BCUT2D eigenvalue weighted by Gasteiger charge is 2.17. The maximum Gasteiger partial charge on any atom is 0.240 e. The van der Waals surface area contributed by atoms with Gasteiger partial charge in [-0.2, -0.15) is 0 Å². The summed E-state index contributed by atoms with van der Waals surface area (Å²) in [5.41, 5.74) is 6.26. The summed E-state index contributed by atoms with van der Waals surface area (Å²) >= 11 is 6.02. The van der Waals surface area contributed by atoms with Gasteiger partial charge in [0.15, 0.2) is 0 Å². The normalized spacial score (nSPS) is 13.3. The zero-order chi connectivity index (χ0) is 15.9. The predicted molar refractivity (Wildman–Crippen MR) is 87.8 cm³/mol. The van der Waals surface area contributed by atoms with Crippen molar-refractivity contribution in [2.24, 2.45) is 11.7 Å². The van der Waals surface area contributed by atoms with Gasteiger partial charge in [-0.1, -0.05) is 50.8 Å². The van der Waals surface area contributed by atoms with Gasteiger partial charge in [0.2, 0.25) is 10.0 Å². The minimum Gasteiger partial charge on any atom is -0.326 e. The number of nitrogens with one attached hydrogen (secondary N) is 1. The molecule has 0 bridgehead atoms. The van der Waals surface area contributed by atoms with Crippen LogP contribution in [0.25, 0.3) is 0 Å². The Morgan fingerprint density at radius 1 is 1.33 bits per heavy atom. The molecule has 1 aromatic carbocycles. The molecule has 0 fully saturated rings. The number of hydrogen-bond acceptors (Lipinski definition) is 3. The summed E-state index contributed by atoms with van der Waals surface area (Å²) in [6, 6.07) is 4.66. The molecule has 21 heavy (non-hydrogen) atoms. The van der Waals surface area contributed by atoms with Crippen molar-refractivity contribution < 1.29 is 8.42 Å². The SMILES string of the molecule is CCCCC(CC)CNS(=O)(=O)c1ccc(CN)c(Cl)c1. The van der Waals surface area contributed by atoms with Crippen molar-refractivity contribution in [1.29, 1.82) is 0 Å². The fourth-order valence-corrected chi connectivity index (χ4v) is 3.58. The third-order valence-corrected chi connectivity index (χ3v) is 5.43. The first-order valence-electron chi connectivity index (χ1n) is 7.42. The van der Waals surface area contributed by atoms with Crippen LogP contribution in [0.3, 0.4) is 0 Å². The van der Waals surface area contributed by atoms with Crippen molar-refractivity contribution in [1.82, 2.24) is 4.72 Å². The first-order valence-corrected chi connectivity index (χ1v) is 9.28. The Bertz CT molecular complexity index is 547. The molecule has 1 aromatic rings. The van der Waals surface area contributed by atoms with Crippen LogP contribution in [0.4, 0.5) is 0 Å². The Labute approximate surface area is 133 Å². The van der Waals surface area contributed by atoms with Crippen LogP contribution in [0.5, 0.6) is 0 Å². The minimum atomic E-state index is -3.51. The number of rotatable bonds is 9. The van der Waals surface area contributed by atoms with E-state index in [1.54, 1.807) is 12.1 Å². The lowest BCUT2D eigenvalue weighted by Gasteiger charge is -2.15. The lowest BCUT2D eigenvalue weighted by atomic mass is 10.00. The summed E-state index contributed by atoms with van der Waals surface area (Å²) in [5, 5.41) is 0.387. The van der Waals surface area contributed by atoms with E-state index in [4.69, 9.17) is 17.3 Å². The average Bonchev–Trinajstić information content (AvgIpc) is 2.47. The smallest absolute Gasteiger partial charge is 0.240 e. The summed E-state index contributed by atoms with van der Waals surface area (Å²) in [5.74, 6) is 0.374. The van der Waals surface area contributed by atoms with E-state index < -0.39 is 10.0 Å². The molecule has 0 heterocycles. The second-order valence-corrected chi connectivity index (χ2v) is 7.40. The lowest BCUT2D eigenvalue weighted by molar-refractivity contribution is 0.444. The van der Waals surface area contributed by atoms with Gasteiger partial charge in [-0.15, -0.1) is 0 Å². The van der Waals surface area contributed by atoms with E-state index in [0.29, 0.717) is 24.0 Å². The first-order chi connectivity index (χ1) is 9.94. The fourth-order valence-electron chi connectivity index (χ4n) is 2.11. The van der Waals surface area contributed by atoms with Crippen LogP contribution >= 0.6 is 11.6 Å². The lowest BCUT2D eigenvalue weighted by Crippen LogP contribution is -2.29. The van der Waals surface area contributed by atoms with E-state index in [0.717, 1.165) is 31.2 Å². The number of unbranched alkanes of at least 4 members (excludes halogenated alkanes) is 1. The van der Waals surface area contributed by atoms with Gasteiger partial charge in [0, 0.05) is 18.1 Å². The van der Waals surface area contributed by atoms with Crippen molar-refractivity contribution in [2.75, 3.05) is 6.54 Å². The van der Waals surface area contributed by atoms with Crippen molar-refractivity contribution in [2.45, 2.75) is 51.0 Å². The Balaban J connectivity index is 2.74. The Morgan fingerprint density at radius 3 is 2.57 bits per heavy atom. The molecule has 0 saturated carbocycles. The molecule has 0 amide bonds. The highest BCUT2D eigenvalue weighted by atomic mass is 35.5. The first kappa shape index (κ1) is 18.4. The summed E-state index contributed by atoms with van der Waals surface area (Å²) in [4.78, 5) is 0.190. The molecule has 0 aromatic heterocycles. The maximum absolute atomic E-state index is 12.3. The number of halogens is 1. The van der Waals surface area contributed by atoms with Crippen LogP contribution in [0.15, 0.2) is 23.1 Å². The van der Waals surface area contributed by atoms with Crippen molar-refractivity contribution in [3.8, 4) is 0 Å². The van der Waals surface area contributed by atoms with Crippen LogP contribution in [0.2, 0.25) is 5.02 Å². The van der Waals surface area contributed by atoms with Crippen LogP contribution in [0, 0.1) is 5.92 Å². The second kappa shape index (κ2) is 8.73. The molecule has 1 atom stereocenters. The standard InChI is InChI=1S/C15H25ClN2O2S/c1-3-5-6-12(4-2)11-18-21(19,20)14-8-7-13(10-17)15(16)9-14/h7-9,12,18H,3-6,10-11,17H2,1-2H3. The van der Waals surface area contributed by atoms with E-state index in [1.807, 2.05) is 0 Å². The number of sulfonamides is 1. The molecule has 1 unspecified atom stereocenters. The number of benzene rings is 1. The fraction of sp³-hybridized carbons (Fsp3) is 0.600. The molecule has 0 aliphatic carbocycles. The molecule has 6 heteroatoms. The molecule has 1 rings (SSSR count). The van der Waals surface area contributed by atoms with Crippen molar-refractivity contribution in [3.63, 3.8) is 0 Å². The van der Waals surface area contributed by atoms with Crippen LogP contribution in [-0.2, 0) is 16.6 Å². The van der Waals surface area contributed by atoms with Gasteiger partial charge in [-0.05, 0) is 30.0 Å². The van der Waals surface area contributed by atoms with Gasteiger partial charge in [0.1, 0.15) is 0 Å². The van der Waals surface area contributed by atoms with E-state index in [9.17, 15) is 8.42 Å². The van der Waals surface area contributed by atoms with Gasteiger partial charge in [-0.3, -0.25) is 0 Å². The Hall–Kier alpha value is -0.620. The van der Waals surface area contributed by atoms with Gasteiger partial charge >= 0.3 is 0 Å². The Kier molecular flexibility index (Phi) is 7.66. The van der Waals surface area contributed by atoms with Crippen LogP contribution < -0.4 is 10.5 Å². The highest BCUT2D eigenvalue weighted by Crippen LogP contribution is 2.21. The van der Waals surface area contributed by atoms with Gasteiger partial charge in [0.25, 0.3) is 0 Å². The van der Waals surface area contributed by atoms with Gasteiger partial charge in [0.05, 0.1) is 4.90 Å². The topological polar surface area (TPSA) is 72.2 Å². The quantitative estimate of drug-likeness (QED) is 0.728. The molecule has 4 nitrogen and oxygen atoms in total. The summed E-state index contributed by atoms with van der Waals surface area (Å²) in [6.07, 6.45) is 4.26. The molecule has 0 radical (unpaired) electrons. The molecule has 0 aliphatic heterocycles. The summed E-state index contributed by atoms with van der Waals surface area (Å²) < 4.78 is 27.2.